The fraction of sp³-hybridized carbons (Fsp3) is 0.286. The first-order valence-electron chi connectivity index (χ1n) is 5.88. The summed E-state index contributed by atoms with van der Waals surface area (Å²) in [7, 11) is 0. The molecule has 4 heteroatoms. The molecule has 0 spiro atoms. The van der Waals surface area contributed by atoms with Gasteiger partial charge in [-0.05, 0) is 52.0 Å². The van der Waals surface area contributed by atoms with Gasteiger partial charge >= 0.3 is 0 Å². The summed E-state index contributed by atoms with van der Waals surface area (Å²) in [5.74, 6) is 1.09. The van der Waals surface area contributed by atoms with Crippen molar-refractivity contribution in [3.63, 3.8) is 0 Å². The van der Waals surface area contributed by atoms with Gasteiger partial charge in [0.15, 0.2) is 0 Å². The van der Waals surface area contributed by atoms with Crippen molar-refractivity contribution >= 4 is 39.0 Å². The van der Waals surface area contributed by atoms with Crippen molar-refractivity contribution in [2.45, 2.75) is 18.4 Å². The first-order valence-corrected chi connectivity index (χ1v) is 8.54. The van der Waals surface area contributed by atoms with Crippen molar-refractivity contribution in [3.8, 4) is 0 Å². The summed E-state index contributed by atoms with van der Waals surface area (Å²) in [6.07, 6.45) is 0. The molecule has 2 rings (SSSR count). The Balaban J connectivity index is 1.68. The quantitative estimate of drug-likeness (QED) is 0.603. The second kappa shape index (κ2) is 7.34. The van der Waals surface area contributed by atoms with Gasteiger partial charge in [0.2, 0.25) is 0 Å². The second-order valence-corrected chi connectivity index (χ2v) is 6.97. The Morgan fingerprint density at radius 2 is 2.11 bits per heavy atom. The highest BCUT2D eigenvalue weighted by atomic mass is 79.9. The van der Waals surface area contributed by atoms with E-state index >= 15 is 0 Å². The zero-order valence-electron chi connectivity index (χ0n) is 10.3. The minimum absolute atomic E-state index is 0.986. The molecule has 0 saturated heterocycles. The lowest BCUT2D eigenvalue weighted by atomic mass is 10.3. The molecule has 96 valence electrons. The highest BCUT2D eigenvalue weighted by Gasteiger charge is 2.00. The number of nitrogens with one attached hydrogen (secondary N) is 1. The van der Waals surface area contributed by atoms with E-state index in [2.05, 4.69) is 57.8 Å². The van der Waals surface area contributed by atoms with E-state index < -0.39 is 0 Å². The first kappa shape index (κ1) is 14.1. The summed E-state index contributed by atoms with van der Waals surface area (Å²) in [5, 5.41) is 5.65. The predicted octanol–water partition coefficient (Wildman–Crippen LogP) is 4.70. The maximum atomic E-state index is 3.57. The van der Waals surface area contributed by atoms with E-state index in [9.17, 15) is 0 Å². The van der Waals surface area contributed by atoms with Gasteiger partial charge in [0.05, 0.1) is 0 Å². The van der Waals surface area contributed by atoms with E-state index in [1.54, 1.807) is 0 Å². The molecule has 0 saturated carbocycles. The lowest BCUT2D eigenvalue weighted by molar-refractivity contribution is 0.738. The molecule has 0 aliphatic rings. The molecular formula is C14H16BrNS2. The smallest absolute Gasteiger partial charge is 0.0311 e. The van der Waals surface area contributed by atoms with Gasteiger partial charge in [-0.1, -0.05) is 12.1 Å². The van der Waals surface area contributed by atoms with Gasteiger partial charge in [0.1, 0.15) is 0 Å². The molecule has 0 aliphatic carbocycles. The summed E-state index contributed by atoms with van der Waals surface area (Å²) in [4.78, 5) is 2.76. The van der Waals surface area contributed by atoms with E-state index in [1.165, 1.54) is 19.8 Å². The molecular weight excluding hydrogens is 326 g/mol. The molecule has 0 fully saturated rings. The molecule has 1 nitrogen and oxygen atoms in total. The van der Waals surface area contributed by atoms with Gasteiger partial charge in [-0.3, -0.25) is 0 Å². The third-order valence-corrected chi connectivity index (χ3v) is 5.68. The van der Waals surface area contributed by atoms with Gasteiger partial charge in [0.25, 0.3) is 0 Å². The highest BCUT2D eigenvalue weighted by molar-refractivity contribution is 9.10. The van der Waals surface area contributed by atoms with Crippen molar-refractivity contribution in [2.75, 3.05) is 12.3 Å². The van der Waals surface area contributed by atoms with Gasteiger partial charge in [-0.2, -0.15) is 0 Å². The van der Waals surface area contributed by atoms with E-state index in [0.29, 0.717) is 0 Å². The molecule has 1 heterocycles. The third-order valence-electron chi connectivity index (χ3n) is 2.63. The normalized spacial score (nSPS) is 10.8. The lowest BCUT2D eigenvalue weighted by Gasteiger charge is -2.05. The zero-order valence-corrected chi connectivity index (χ0v) is 13.5. The second-order valence-electron chi connectivity index (χ2n) is 3.98. The largest absolute Gasteiger partial charge is 0.311 e. The van der Waals surface area contributed by atoms with Crippen molar-refractivity contribution in [3.05, 3.63) is 50.6 Å². The molecule has 0 amide bonds. The number of thioether (sulfide) groups is 1. The van der Waals surface area contributed by atoms with Crippen LogP contribution in [0, 0.1) is 6.92 Å². The maximum Gasteiger partial charge on any atom is 0.0311 e. The fourth-order valence-corrected chi connectivity index (χ4v) is 3.93. The van der Waals surface area contributed by atoms with E-state index in [0.717, 1.165) is 18.8 Å². The Morgan fingerprint density at radius 1 is 1.28 bits per heavy atom. The van der Waals surface area contributed by atoms with Crippen LogP contribution in [0.25, 0.3) is 0 Å². The Morgan fingerprint density at radius 3 is 2.83 bits per heavy atom. The van der Waals surface area contributed by atoms with Crippen molar-refractivity contribution in [1.82, 2.24) is 5.32 Å². The van der Waals surface area contributed by atoms with Crippen LogP contribution in [0.1, 0.15) is 10.4 Å². The standard InChI is InChI=1S/C14H16BrNS2/c1-11-6-8-17-14(11)10-16-7-9-18-13-5-3-2-4-12(13)15/h2-6,8,16H,7,9-10H2,1H3. The lowest BCUT2D eigenvalue weighted by Crippen LogP contribution is -2.16. The van der Waals surface area contributed by atoms with Crippen LogP contribution in [-0.2, 0) is 6.54 Å². The van der Waals surface area contributed by atoms with Gasteiger partial charge in [-0.25, -0.2) is 0 Å². The first-order chi connectivity index (χ1) is 8.77. The predicted molar refractivity (Wildman–Crippen MR) is 85.6 cm³/mol. The Bertz CT molecular complexity index is 496. The number of rotatable bonds is 6. The molecule has 0 atom stereocenters. The molecule has 0 aliphatic heterocycles. The number of aryl methyl sites for hydroxylation is 1. The number of hydrogen-bond acceptors (Lipinski definition) is 3. The minimum Gasteiger partial charge on any atom is -0.311 e. The Kier molecular flexibility index (Phi) is 5.76. The zero-order chi connectivity index (χ0) is 12.8. The number of hydrogen-bond donors (Lipinski definition) is 1. The SMILES string of the molecule is Cc1ccsc1CNCCSc1ccccc1Br. The van der Waals surface area contributed by atoms with Crippen LogP contribution in [0.3, 0.4) is 0 Å². The average Bonchev–Trinajstić information content (AvgIpc) is 2.77. The van der Waals surface area contributed by atoms with E-state index in [1.807, 2.05) is 29.2 Å². The molecule has 0 unspecified atom stereocenters. The van der Waals surface area contributed by atoms with Gasteiger partial charge in [-0.15, -0.1) is 23.1 Å². The minimum atomic E-state index is 0.986. The topological polar surface area (TPSA) is 12.0 Å². The summed E-state index contributed by atoms with van der Waals surface area (Å²) >= 11 is 7.28. The van der Waals surface area contributed by atoms with Crippen LogP contribution in [0.4, 0.5) is 0 Å². The molecule has 2 aromatic rings. The van der Waals surface area contributed by atoms with Crippen molar-refractivity contribution < 1.29 is 0 Å². The summed E-state index contributed by atoms with van der Waals surface area (Å²) in [5.41, 5.74) is 1.39. The van der Waals surface area contributed by atoms with E-state index in [-0.39, 0.29) is 0 Å². The Labute approximate surface area is 125 Å². The van der Waals surface area contributed by atoms with Crippen LogP contribution < -0.4 is 5.32 Å². The summed E-state index contributed by atoms with van der Waals surface area (Å²) < 4.78 is 1.18. The van der Waals surface area contributed by atoms with E-state index in [4.69, 9.17) is 0 Å². The number of halogens is 1. The molecule has 0 bridgehead atoms. The van der Waals surface area contributed by atoms with Crippen molar-refractivity contribution in [1.29, 1.82) is 0 Å². The van der Waals surface area contributed by atoms with Crippen LogP contribution in [0.5, 0.6) is 0 Å². The van der Waals surface area contributed by atoms with Gasteiger partial charge in [0, 0.05) is 33.1 Å². The average molecular weight is 342 g/mol. The summed E-state index contributed by atoms with van der Waals surface area (Å²) in [6.45, 7) is 4.19. The van der Waals surface area contributed by atoms with Crippen LogP contribution >= 0.6 is 39.0 Å². The van der Waals surface area contributed by atoms with Crippen LogP contribution in [0.15, 0.2) is 45.1 Å². The number of thiophene rings is 1. The molecule has 0 radical (unpaired) electrons. The maximum absolute atomic E-state index is 3.57. The van der Waals surface area contributed by atoms with Crippen LogP contribution in [0.2, 0.25) is 0 Å². The van der Waals surface area contributed by atoms with Gasteiger partial charge < -0.3 is 5.32 Å². The third kappa shape index (κ3) is 4.12. The van der Waals surface area contributed by atoms with Crippen LogP contribution in [-0.4, -0.2) is 12.3 Å². The number of benzene rings is 1. The molecule has 18 heavy (non-hydrogen) atoms. The molecule has 1 aromatic heterocycles. The Hall–Kier alpha value is -0.290. The fourth-order valence-electron chi connectivity index (χ4n) is 1.58. The molecule has 1 aromatic carbocycles. The molecule has 1 N–H and O–H groups in total. The monoisotopic (exact) mass is 341 g/mol. The highest BCUT2D eigenvalue weighted by Crippen LogP contribution is 2.26. The van der Waals surface area contributed by atoms with Crippen molar-refractivity contribution in [2.24, 2.45) is 0 Å². The summed E-state index contributed by atoms with van der Waals surface area (Å²) in [6, 6.07) is 10.5.